The molecule has 0 spiro atoms. The first-order chi connectivity index (χ1) is 7.54. The summed E-state index contributed by atoms with van der Waals surface area (Å²) in [5.74, 6) is 0. The van der Waals surface area contributed by atoms with Crippen LogP contribution in [0.4, 0.5) is 0 Å². The number of hydrogen-bond donors (Lipinski definition) is 0. The molecule has 88 valence electrons. The minimum Gasteiger partial charge on any atom is -0.288 e. The Labute approximate surface area is 97.4 Å². The standard InChI is InChI=1S/C13H21N3/c1-13(2,3)15-7-10-8-16(11-5-4-6-11)14-12(10)9-15/h8,11H,4-7,9H2,1-3H3. The van der Waals surface area contributed by atoms with E-state index in [1.807, 2.05) is 0 Å². The number of rotatable bonds is 1. The van der Waals surface area contributed by atoms with Crippen molar-refractivity contribution in [1.82, 2.24) is 14.7 Å². The van der Waals surface area contributed by atoms with Crippen LogP contribution in [0.2, 0.25) is 0 Å². The molecule has 0 atom stereocenters. The molecule has 1 aromatic heterocycles. The van der Waals surface area contributed by atoms with Crippen molar-refractivity contribution in [3.05, 3.63) is 17.5 Å². The minimum absolute atomic E-state index is 0.259. The van der Waals surface area contributed by atoms with E-state index in [4.69, 9.17) is 5.10 Å². The Morgan fingerprint density at radius 3 is 2.50 bits per heavy atom. The molecular formula is C13H21N3. The maximum atomic E-state index is 4.75. The Hall–Kier alpha value is -0.830. The second-order valence-electron chi connectivity index (χ2n) is 6.19. The van der Waals surface area contributed by atoms with Crippen LogP contribution in [0.15, 0.2) is 6.20 Å². The SMILES string of the molecule is CC(C)(C)N1Cc2cn(C3CCC3)nc2C1. The molecule has 0 radical (unpaired) electrons. The van der Waals surface area contributed by atoms with Gasteiger partial charge in [-0.1, -0.05) is 0 Å². The lowest BCUT2D eigenvalue weighted by molar-refractivity contribution is 0.133. The molecule has 3 nitrogen and oxygen atoms in total. The van der Waals surface area contributed by atoms with Gasteiger partial charge in [0.05, 0.1) is 11.7 Å². The van der Waals surface area contributed by atoms with Gasteiger partial charge in [-0.15, -0.1) is 0 Å². The normalized spacial score (nSPS) is 22.2. The summed E-state index contributed by atoms with van der Waals surface area (Å²) in [6, 6.07) is 0.702. The maximum Gasteiger partial charge on any atom is 0.0810 e. The number of fused-ring (bicyclic) bond motifs is 1. The summed E-state index contributed by atoms with van der Waals surface area (Å²) in [5, 5.41) is 4.75. The molecule has 1 aliphatic carbocycles. The van der Waals surface area contributed by atoms with Crippen LogP contribution < -0.4 is 0 Å². The summed E-state index contributed by atoms with van der Waals surface area (Å²) in [6.07, 6.45) is 6.31. The van der Waals surface area contributed by atoms with Crippen LogP contribution >= 0.6 is 0 Å². The molecule has 3 heteroatoms. The quantitative estimate of drug-likeness (QED) is 0.724. The van der Waals surface area contributed by atoms with E-state index >= 15 is 0 Å². The van der Waals surface area contributed by atoms with Gasteiger partial charge < -0.3 is 0 Å². The molecule has 1 saturated carbocycles. The minimum atomic E-state index is 0.259. The molecule has 1 fully saturated rings. The molecule has 0 N–H and O–H groups in total. The van der Waals surface area contributed by atoms with Crippen molar-refractivity contribution in [2.24, 2.45) is 0 Å². The molecule has 0 unspecified atom stereocenters. The van der Waals surface area contributed by atoms with Crippen LogP contribution in [-0.4, -0.2) is 20.2 Å². The summed E-state index contributed by atoms with van der Waals surface area (Å²) in [7, 11) is 0. The van der Waals surface area contributed by atoms with Crippen molar-refractivity contribution in [3.8, 4) is 0 Å². The van der Waals surface area contributed by atoms with Crippen LogP contribution in [0.25, 0.3) is 0 Å². The highest BCUT2D eigenvalue weighted by atomic mass is 15.3. The van der Waals surface area contributed by atoms with Gasteiger partial charge in [0.2, 0.25) is 0 Å². The van der Waals surface area contributed by atoms with Crippen LogP contribution in [0.1, 0.15) is 57.3 Å². The zero-order chi connectivity index (χ0) is 11.3. The van der Waals surface area contributed by atoms with E-state index in [9.17, 15) is 0 Å². The molecule has 2 heterocycles. The monoisotopic (exact) mass is 219 g/mol. The zero-order valence-corrected chi connectivity index (χ0v) is 10.5. The van der Waals surface area contributed by atoms with Crippen molar-refractivity contribution in [1.29, 1.82) is 0 Å². The van der Waals surface area contributed by atoms with Crippen LogP contribution in [0.3, 0.4) is 0 Å². The van der Waals surface area contributed by atoms with Crippen LogP contribution in [0, 0.1) is 0 Å². The first-order valence-corrected chi connectivity index (χ1v) is 6.36. The second-order valence-corrected chi connectivity index (χ2v) is 6.19. The van der Waals surface area contributed by atoms with Gasteiger partial charge in [0.1, 0.15) is 0 Å². The number of aromatic nitrogens is 2. The van der Waals surface area contributed by atoms with E-state index in [0.717, 1.165) is 13.1 Å². The van der Waals surface area contributed by atoms with Crippen molar-refractivity contribution in [2.45, 2.75) is 64.7 Å². The summed E-state index contributed by atoms with van der Waals surface area (Å²) in [4.78, 5) is 2.50. The fourth-order valence-electron chi connectivity index (χ4n) is 2.49. The van der Waals surface area contributed by atoms with Gasteiger partial charge >= 0.3 is 0 Å². The third kappa shape index (κ3) is 1.58. The molecule has 16 heavy (non-hydrogen) atoms. The smallest absolute Gasteiger partial charge is 0.0810 e. The highest BCUT2D eigenvalue weighted by molar-refractivity contribution is 5.22. The first-order valence-electron chi connectivity index (χ1n) is 6.36. The molecule has 0 amide bonds. The van der Waals surface area contributed by atoms with Crippen molar-refractivity contribution < 1.29 is 0 Å². The average molecular weight is 219 g/mol. The molecule has 0 bridgehead atoms. The zero-order valence-electron chi connectivity index (χ0n) is 10.5. The van der Waals surface area contributed by atoms with Gasteiger partial charge in [0.15, 0.2) is 0 Å². The lowest BCUT2D eigenvalue weighted by Crippen LogP contribution is -2.37. The summed E-state index contributed by atoms with van der Waals surface area (Å²) < 4.78 is 2.22. The molecule has 0 saturated heterocycles. The Balaban J connectivity index is 1.77. The lowest BCUT2D eigenvalue weighted by Gasteiger charge is -2.31. The Morgan fingerprint density at radius 1 is 1.25 bits per heavy atom. The van der Waals surface area contributed by atoms with E-state index in [2.05, 4.69) is 36.5 Å². The van der Waals surface area contributed by atoms with Gasteiger partial charge in [-0.2, -0.15) is 5.10 Å². The number of hydrogen-bond acceptors (Lipinski definition) is 2. The van der Waals surface area contributed by atoms with Crippen molar-refractivity contribution in [2.75, 3.05) is 0 Å². The van der Waals surface area contributed by atoms with Gasteiger partial charge in [-0.05, 0) is 40.0 Å². The fraction of sp³-hybridized carbons (Fsp3) is 0.769. The van der Waals surface area contributed by atoms with Crippen molar-refractivity contribution in [3.63, 3.8) is 0 Å². The van der Waals surface area contributed by atoms with E-state index in [-0.39, 0.29) is 5.54 Å². The molecule has 1 aromatic rings. The fourth-order valence-corrected chi connectivity index (χ4v) is 2.49. The van der Waals surface area contributed by atoms with E-state index < -0.39 is 0 Å². The molecule has 0 aromatic carbocycles. The van der Waals surface area contributed by atoms with Crippen LogP contribution in [0.5, 0.6) is 0 Å². The second kappa shape index (κ2) is 3.33. The van der Waals surface area contributed by atoms with Gasteiger partial charge in [0.25, 0.3) is 0 Å². The number of nitrogens with zero attached hydrogens (tertiary/aromatic N) is 3. The topological polar surface area (TPSA) is 21.1 Å². The predicted molar refractivity (Wildman–Crippen MR) is 64.1 cm³/mol. The largest absolute Gasteiger partial charge is 0.288 e. The Bertz CT molecular complexity index is 372. The molecular weight excluding hydrogens is 198 g/mol. The summed E-state index contributed by atoms with van der Waals surface area (Å²) >= 11 is 0. The van der Waals surface area contributed by atoms with E-state index in [1.54, 1.807) is 0 Å². The predicted octanol–water partition coefficient (Wildman–Crippen LogP) is 2.72. The molecule has 3 rings (SSSR count). The van der Waals surface area contributed by atoms with E-state index in [1.165, 1.54) is 30.5 Å². The third-order valence-corrected chi connectivity index (χ3v) is 3.99. The Kier molecular flexibility index (Phi) is 2.15. The third-order valence-electron chi connectivity index (χ3n) is 3.99. The molecule has 1 aliphatic heterocycles. The summed E-state index contributed by atoms with van der Waals surface area (Å²) in [5.41, 5.74) is 3.01. The van der Waals surface area contributed by atoms with Gasteiger partial charge in [-0.25, -0.2) is 0 Å². The van der Waals surface area contributed by atoms with Gasteiger partial charge in [0, 0.05) is 30.4 Å². The first kappa shape index (κ1) is 10.3. The lowest BCUT2D eigenvalue weighted by atomic mass is 9.93. The Morgan fingerprint density at radius 2 is 2.00 bits per heavy atom. The van der Waals surface area contributed by atoms with Crippen molar-refractivity contribution >= 4 is 0 Å². The average Bonchev–Trinajstić information content (AvgIpc) is 2.54. The van der Waals surface area contributed by atoms with E-state index in [0.29, 0.717) is 6.04 Å². The highest BCUT2D eigenvalue weighted by Crippen LogP contribution is 2.34. The highest BCUT2D eigenvalue weighted by Gasteiger charge is 2.31. The molecule has 2 aliphatic rings. The van der Waals surface area contributed by atoms with Crippen LogP contribution in [-0.2, 0) is 13.1 Å². The summed E-state index contributed by atoms with van der Waals surface area (Å²) in [6.45, 7) is 8.93. The maximum absolute atomic E-state index is 4.75. The van der Waals surface area contributed by atoms with Gasteiger partial charge in [-0.3, -0.25) is 9.58 Å².